The Morgan fingerprint density at radius 3 is 2.36 bits per heavy atom. The summed E-state index contributed by atoms with van der Waals surface area (Å²) in [5, 5.41) is 9.76. The van der Waals surface area contributed by atoms with Crippen LogP contribution in [0.25, 0.3) is 0 Å². The zero-order valence-electron chi connectivity index (χ0n) is 5.44. The lowest BCUT2D eigenvalue weighted by molar-refractivity contribution is 0.475. The Morgan fingerprint density at radius 1 is 1.18 bits per heavy atom. The summed E-state index contributed by atoms with van der Waals surface area (Å²) in [6.07, 6.45) is 0. The van der Waals surface area contributed by atoms with Gasteiger partial charge < -0.3 is 5.11 Å². The molecule has 11 heavy (non-hydrogen) atoms. The average Bonchev–Trinajstić information content (AvgIpc) is 1.97. The molecular formula is C7H5Cl3O. The third-order valence-corrected chi connectivity index (χ3v) is 2.20. The van der Waals surface area contributed by atoms with Crippen LogP contribution in [0.5, 0.6) is 5.75 Å². The van der Waals surface area contributed by atoms with Gasteiger partial charge in [0.1, 0.15) is 5.75 Å². The summed E-state index contributed by atoms with van der Waals surface area (Å²) >= 11 is 16.8. The fraction of sp³-hybridized carbons (Fsp3) is 0.143. The first-order chi connectivity index (χ1) is 5.15. The molecule has 1 aromatic carbocycles. The van der Waals surface area contributed by atoms with Crippen molar-refractivity contribution >= 4 is 34.8 Å². The fourth-order valence-corrected chi connectivity index (χ4v) is 1.38. The standard InChI is InChI=1S/C7H5Cl3O/c8-3-4-1-6(10)7(11)2-5(4)9/h1-2,11H,3H2. The lowest BCUT2D eigenvalue weighted by atomic mass is 10.2. The molecule has 1 nitrogen and oxygen atoms in total. The van der Waals surface area contributed by atoms with Gasteiger partial charge in [0.15, 0.2) is 0 Å². The molecule has 60 valence electrons. The Labute approximate surface area is 79.5 Å². The van der Waals surface area contributed by atoms with Crippen LogP contribution in [-0.2, 0) is 5.88 Å². The number of alkyl halides is 1. The second-order valence-corrected chi connectivity index (χ2v) is 3.11. The average molecular weight is 211 g/mol. The zero-order chi connectivity index (χ0) is 8.43. The maximum atomic E-state index is 9.06. The van der Waals surface area contributed by atoms with Crippen molar-refractivity contribution in [2.45, 2.75) is 5.88 Å². The van der Waals surface area contributed by atoms with E-state index in [9.17, 15) is 0 Å². The van der Waals surface area contributed by atoms with Crippen molar-refractivity contribution in [1.82, 2.24) is 0 Å². The molecule has 0 radical (unpaired) electrons. The van der Waals surface area contributed by atoms with Crippen molar-refractivity contribution in [1.29, 1.82) is 0 Å². The summed E-state index contributed by atoms with van der Waals surface area (Å²) in [5.41, 5.74) is 0.719. The summed E-state index contributed by atoms with van der Waals surface area (Å²) < 4.78 is 0. The first kappa shape index (κ1) is 8.98. The Balaban J connectivity index is 3.21. The number of hydrogen-bond acceptors (Lipinski definition) is 1. The van der Waals surface area contributed by atoms with Crippen molar-refractivity contribution < 1.29 is 5.11 Å². The monoisotopic (exact) mass is 210 g/mol. The van der Waals surface area contributed by atoms with Crippen LogP contribution < -0.4 is 0 Å². The van der Waals surface area contributed by atoms with E-state index in [0.29, 0.717) is 10.9 Å². The van der Waals surface area contributed by atoms with Crippen LogP contribution >= 0.6 is 34.8 Å². The number of benzene rings is 1. The van der Waals surface area contributed by atoms with Gasteiger partial charge >= 0.3 is 0 Å². The Hall–Kier alpha value is -0.110. The van der Waals surface area contributed by atoms with E-state index >= 15 is 0 Å². The number of phenols is 1. The first-order valence-electron chi connectivity index (χ1n) is 2.88. The minimum absolute atomic E-state index is 0.0227. The first-order valence-corrected chi connectivity index (χ1v) is 4.17. The SMILES string of the molecule is Oc1cc(Cl)c(CCl)cc1Cl. The maximum Gasteiger partial charge on any atom is 0.135 e. The third-order valence-electron chi connectivity index (χ3n) is 1.26. The van der Waals surface area contributed by atoms with Crippen molar-refractivity contribution in [3.05, 3.63) is 27.7 Å². The summed E-state index contributed by atoms with van der Waals surface area (Å²) in [6, 6.07) is 2.92. The summed E-state index contributed by atoms with van der Waals surface area (Å²) in [5.74, 6) is 0.268. The molecule has 0 unspecified atom stereocenters. The molecule has 0 spiro atoms. The molecule has 4 heteroatoms. The quantitative estimate of drug-likeness (QED) is 0.706. The van der Waals surface area contributed by atoms with E-state index in [1.54, 1.807) is 6.07 Å². The predicted molar refractivity (Wildman–Crippen MR) is 47.7 cm³/mol. The molecule has 0 aliphatic heterocycles. The lowest BCUT2D eigenvalue weighted by Gasteiger charge is -2.01. The molecular weight excluding hydrogens is 206 g/mol. The molecule has 0 aliphatic carbocycles. The van der Waals surface area contributed by atoms with Gasteiger partial charge in [-0.3, -0.25) is 0 Å². The molecule has 1 rings (SSSR count). The highest BCUT2D eigenvalue weighted by atomic mass is 35.5. The van der Waals surface area contributed by atoms with Crippen LogP contribution in [0.15, 0.2) is 12.1 Å². The van der Waals surface area contributed by atoms with E-state index in [-0.39, 0.29) is 10.8 Å². The smallest absolute Gasteiger partial charge is 0.135 e. The van der Waals surface area contributed by atoms with Crippen molar-refractivity contribution in [2.75, 3.05) is 0 Å². The third kappa shape index (κ3) is 1.92. The molecule has 0 bridgehead atoms. The molecule has 1 N–H and O–H groups in total. The van der Waals surface area contributed by atoms with E-state index in [1.807, 2.05) is 0 Å². The number of halogens is 3. The van der Waals surface area contributed by atoms with Gasteiger partial charge in [-0.05, 0) is 11.6 Å². The number of rotatable bonds is 1. The van der Waals surface area contributed by atoms with Crippen LogP contribution in [0.2, 0.25) is 10.0 Å². The van der Waals surface area contributed by atoms with E-state index in [1.165, 1.54) is 6.07 Å². The van der Waals surface area contributed by atoms with E-state index in [0.717, 1.165) is 5.56 Å². The van der Waals surface area contributed by atoms with Gasteiger partial charge in [0, 0.05) is 17.0 Å². The Kier molecular flexibility index (Phi) is 2.88. The number of phenolic OH excluding ortho intramolecular Hbond substituents is 1. The summed E-state index contributed by atoms with van der Waals surface area (Å²) in [4.78, 5) is 0. The van der Waals surface area contributed by atoms with Crippen LogP contribution in [0, 0.1) is 0 Å². The van der Waals surface area contributed by atoms with Crippen LogP contribution in [-0.4, -0.2) is 5.11 Å². The van der Waals surface area contributed by atoms with Crippen molar-refractivity contribution in [3.63, 3.8) is 0 Å². The maximum absolute atomic E-state index is 9.06. The van der Waals surface area contributed by atoms with Gasteiger partial charge in [0.05, 0.1) is 5.02 Å². The molecule has 0 fully saturated rings. The second-order valence-electron chi connectivity index (χ2n) is 2.03. The highest BCUT2D eigenvalue weighted by Crippen LogP contribution is 2.30. The van der Waals surface area contributed by atoms with Gasteiger partial charge in [-0.1, -0.05) is 23.2 Å². The lowest BCUT2D eigenvalue weighted by Crippen LogP contribution is -1.80. The molecule has 0 amide bonds. The van der Waals surface area contributed by atoms with E-state index in [2.05, 4.69) is 0 Å². The highest BCUT2D eigenvalue weighted by molar-refractivity contribution is 6.35. The van der Waals surface area contributed by atoms with Gasteiger partial charge in [-0.2, -0.15) is 0 Å². The Bertz CT molecular complexity index is 273. The molecule has 0 atom stereocenters. The largest absolute Gasteiger partial charge is 0.506 e. The molecule has 0 saturated carbocycles. The topological polar surface area (TPSA) is 20.2 Å². The molecule has 0 heterocycles. The highest BCUT2D eigenvalue weighted by Gasteiger charge is 2.04. The van der Waals surface area contributed by atoms with Gasteiger partial charge in [0.25, 0.3) is 0 Å². The van der Waals surface area contributed by atoms with E-state index < -0.39 is 0 Å². The van der Waals surface area contributed by atoms with Crippen LogP contribution in [0.1, 0.15) is 5.56 Å². The van der Waals surface area contributed by atoms with E-state index in [4.69, 9.17) is 39.9 Å². The minimum Gasteiger partial charge on any atom is -0.506 e. The normalized spacial score (nSPS) is 10.1. The number of aromatic hydroxyl groups is 1. The fourth-order valence-electron chi connectivity index (χ4n) is 0.680. The van der Waals surface area contributed by atoms with Crippen LogP contribution in [0.4, 0.5) is 0 Å². The van der Waals surface area contributed by atoms with Crippen molar-refractivity contribution in [2.24, 2.45) is 0 Å². The molecule has 0 aliphatic rings. The predicted octanol–water partition coefficient (Wildman–Crippen LogP) is 3.44. The van der Waals surface area contributed by atoms with Gasteiger partial charge in [-0.15, -0.1) is 11.6 Å². The minimum atomic E-state index is -0.0227. The Morgan fingerprint density at radius 2 is 1.82 bits per heavy atom. The molecule has 1 aromatic rings. The molecule has 0 aromatic heterocycles. The van der Waals surface area contributed by atoms with Crippen LogP contribution in [0.3, 0.4) is 0 Å². The van der Waals surface area contributed by atoms with Crippen molar-refractivity contribution in [3.8, 4) is 5.75 Å². The summed E-state index contributed by atoms with van der Waals surface area (Å²) in [6.45, 7) is 0. The summed E-state index contributed by atoms with van der Waals surface area (Å²) in [7, 11) is 0. The zero-order valence-corrected chi connectivity index (χ0v) is 7.71. The molecule has 0 saturated heterocycles. The number of hydrogen-bond donors (Lipinski definition) is 1. The van der Waals surface area contributed by atoms with Gasteiger partial charge in [-0.25, -0.2) is 0 Å². The second kappa shape index (κ2) is 3.53. The van der Waals surface area contributed by atoms with Gasteiger partial charge in [0.2, 0.25) is 0 Å².